The van der Waals surface area contributed by atoms with Crippen LogP contribution in [0.25, 0.3) is 0 Å². The molecule has 1 saturated heterocycles. The van der Waals surface area contributed by atoms with Gasteiger partial charge >= 0.3 is 0 Å². The highest BCUT2D eigenvalue weighted by molar-refractivity contribution is 5.90. The normalized spacial score (nSPS) is 41.0. The lowest BCUT2D eigenvalue weighted by Crippen LogP contribution is -2.80. The van der Waals surface area contributed by atoms with Gasteiger partial charge in [-0.25, -0.2) is 0 Å². The molecule has 2 aliphatic heterocycles. The summed E-state index contributed by atoms with van der Waals surface area (Å²) in [6, 6.07) is 3.55. The van der Waals surface area contributed by atoms with E-state index in [2.05, 4.69) is 4.90 Å². The molecule has 3 N–H and O–H groups in total. The fraction of sp³-hybridized carbons (Fsp3) is 0.632. The number of piperidine rings is 1. The summed E-state index contributed by atoms with van der Waals surface area (Å²) >= 11 is 0. The first-order chi connectivity index (χ1) is 11.4. The minimum absolute atomic E-state index is 0. The summed E-state index contributed by atoms with van der Waals surface area (Å²) in [6.45, 7) is 0.555. The molecule has 5 atom stereocenters. The van der Waals surface area contributed by atoms with Crippen molar-refractivity contribution >= 4 is 5.78 Å². The molecule has 2 unspecified atom stereocenters. The van der Waals surface area contributed by atoms with Crippen LogP contribution in [-0.4, -0.2) is 63.4 Å². The summed E-state index contributed by atoms with van der Waals surface area (Å²) in [5.41, 5.74) is 0.211. The van der Waals surface area contributed by atoms with Gasteiger partial charge in [-0.05, 0) is 32.0 Å². The maximum absolute atomic E-state index is 12.7. The molecule has 1 spiro atoms. The highest BCUT2D eigenvalue weighted by Gasteiger charge is 2.75. The molecule has 2 heterocycles. The van der Waals surface area contributed by atoms with Crippen LogP contribution in [0.2, 0.25) is 0 Å². The van der Waals surface area contributed by atoms with Gasteiger partial charge in [0.25, 0.3) is 0 Å². The zero-order valence-electron chi connectivity index (χ0n) is 13.5. The van der Waals surface area contributed by atoms with Crippen molar-refractivity contribution in [1.82, 2.24) is 4.90 Å². The van der Waals surface area contributed by atoms with E-state index < -0.39 is 23.2 Å². The molecule has 2 fully saturated rings. The van der Waals surface area contributed by atoms with Gasteiger partial charge in [-0.1, -0.05) is 19.6 Å². The molecule has 2 bridgehead atoms. The number of hydrogen-bond donors (Lipinski definition) is 3. The van der Waals surface area contributed by atoms with Crippen LogP contribution >= 0.6 is 0 Å². The van der Waals surface area contributed by atoms with E-state index in [-0.39, 0.29) is 32.3 Å². The minimum atomic E-state index is -1.41. The molecule has 1 aromatic carbocycles. The number of carbonyl (C=O) groups is 1. The zero-order valence-corrected chi connectivity index (χ0v) is 13.5. The van der Waals surface area contributed by atoms with Crippen molar-refractivity contribution in [2.45, 2.75) is 62.6 Å². The average molecular weight is 347 g/mol. The molecule has 2 aliphatic carbocycles. The van der Waals surface area contributed by atoms with Gasteiger partial charge in [-0.2, -0.15) is 0 Å². The Balaban J connectivity index is 0.00000157. The summed E-state index contributed by atoms with van der Waals surface area (Å²) in [7, 11) is 1.96. The van der Waals surface area contributed by atoms with E-state index in [9.17, 15) is 20.1 Å². The molecule has 4 aliphatic rings. The van der Waals surface area contributed by atoms with Gasteiger partial charge in [0, 0.05) is 23.6 Å². The first-order valence-corrected chi connectivity index (χ1v) is 8.51. The van der Waals surface area contributed by atoms with Crippen molar-refractivity contribution in [3.63, 3.8) is 0 Å². The Morgan fingerprint density at radius 2 is 2.12 bits per heavy atom. The van der Waals surface area contributed by atoms with Gasteiger partial charge in [0.2, 0.25) is 0 Å². The van der Waals surface area contributed by atoms with E-state index in [1.165, 1.54) is 0 Å². The SMILES string of the molecule is C.CN1CC[C@]23c4c5ccc(CO)c4OC2C(=O)CC(O)[C@@]3(O)[C@H]1C5. The number of Topliss-reactive ketones (excluding diaryl/α,β-unsaturated/α-hetero) is 1. The van der Waals surface area contributed by atoms with Gasteiger partial charge in [0.05, 0.1) is 18.1 Å². The first kappa shape index (κ1) is 17.0. The van der Waals surface area contributed by atoms with E-state index in [1.54, 1.807) is 0 Å². The van der Waals surface area contributed by atoms with E-state index in [1.807, 2.05) is 19.2 Å². The van der Waals surface area contributed by atoms with Crippen LogP contribution in [0, 0.1) is 0 Å². The van der Waals surface area contributed by atoms with Crippen LogP contribution in [-0.2, 0) is 23.2 Å². The number of carbonyl (C=O) groups excluding carboxylic acids is 1. The largest absolute Gasteiger partial charge is 0.481 e. The fourth-order valence-corrected chi connectivity index (χ4v) is 5.78. The second-order valence-electron chi connectivity index (χ2n) is 7.68. The highest BCUT2D eigenvalue weighted by Crippen LogP contribution is 2.63. The Morgan fingerprint density at radius 1 is 1.36 bits per heavy atom. The van der Waals surface area contributed by atoms with Crippen molar-refractivity contribution in [2.75, 3.05) is 13.6 Å². The second-order valence-corrected chi connectivity index (χ2v) is 7.68. The number of nitrogens with zero attached hydrogens (tertiary/aromatic N) is 1. The second kappa shape index (κ2) is 5.04. The van der Waals surface area contributed by atoms with Crippen LogP contribution in [0.3, 0.4) is 0 Å². The Hall–Kier alpha value is -1.47. The summed E-state index contributed by atoms with van der Waals surface area (Å²) in [6.07, 6.45) is -0.813. The monoisotopic (exact) mass is 347 g/mol. The standard InChI is InChI=1S/C18H21NO5.CH4/c1-19-5-4-17-14-9-2-3-10(8-20)15(14)24-16(17)11(21)7-13(22)18(17,23)12(19)6-9;/h2-3,12-13,16,20,22-23H,4-8H2,1H3;1H4/t12-,13?,16?,17+,18+;/m1./s1. The first-order valence-electron chi connectivity index (χ1n) is 8.51. The van der Waals surface area contributed by atoms with Gasteiger partial charge in [0.1, 0.15) is 11.4 Å². The number of ketones is 1. The minimum Gasteiger partial charge on any atom is -0.481 e. The lowest BCUT2D eigenvalue weighted by Gasteiger charge is -2.63. The number of likely N-dealkylation sites (tertiary alicyclic amines) is 1. The van der Waals surface area contributed by atoms with Crippen molar-refractivity contribution in [2.24, 2.45) is 0 Å². The highest BCUT2D eigenvalue weighted by atomic mass is 16.5. The lowest BCUT2D eigenvalue weighted by molar-refractivity contribution is -0.226. The Morgan fingerprint density at radius 3 is 2.84 bits per heavy atom. The van der Waals surface area contributed by atoms with Crippen molar-refractivity contribution in [3.8, 4) is 5.75 Å². The van der Waals surface area contributed by atoms with Crippen LogP contribution in [0.4, 0.5) is 0 Å². The Labute approximate surface area is 147 Å². The van der Waals surface area contributed by atoms with Gasteiger partial charge in [0.15, 0.2) is 11.9 Å². The Bertz CT molecular complexity index is 764. The quantitative estimate of drug-likeness (QED) is 0.670. The molecule has 6 heteroatoms. The van der Waals surface area contributed by atoms with Gasteiger partial charge < -0.3 is 25.0 Å². The number of likely N-dealkylation sites (N-methyl/N-ethyl adjacent to an activating group) is 1. The predicted octanol–water partition coefficient (Wildman–Crippen LogP) is 0.139. The van der Waals surface area contributed by atoms with E-state index in [0.29, 0.717) is 24.2 Å². The number of hydrogen-bond acceptors (Lipinski definition) is 6. The Kier molecular flexibility index (Phi) is 3.42. The summed E-state index contributed by atoms with van der Waals surface area (Å²) in [4.78, 5) is 14.8. The zero-order chi connectivity index (χ0) is 16.9. The lowest BCUT2D eigenvalue weighted by atomic mass is 9.48. The third-order valence-corrected chi connectivity index (χ3v) is 6.85. The van der Waals surface area contributed by atoms with Crippen LogP contribution in [0.5, 0.6) is 5.75 Å². The van der Waals surface area contributed by atoms with Crippen molar-refractivity contribution in [1.29, 1.82) is 0 Å². The van der Waals surface area contributed by atoms with Crippen LogP contribution in [0.15, 0.2) is 12.1 Å². The number of ether oxygens (including phenoxy) is 1. The molecular formula is C19H25NO5. The number of aliphatic hydroxyl groups excluding tert-OH is 2. The molecule has 5 rings (SSSR count). The molecule has 0 radical (unpaired) electrons. The summed E-state index contributed by atoms with van der Waals surface area (Å²) in [5.74, 6) is 0.382. The molecule has 0 aromatic heterocycles. The maximum atomic E-state index is 12.7. The van der Waals surface area contributed by atoms with Crippen LogP contribution in [0.1, 0.15) is 37.0 Å². The van der Waals surface area contributed by atoms with E-state index in [0.717, 1.165) is 17.7 Å². The molecule has 136 valence electrons. The predicted molar refractivity (Wildman–Crippen MR) is 90.5 cm³/mol. The van der Waals surface area contributed by atoms with Gasteiger partial charge in [-0.3, -0.25) is 4.79 Å². The molecule has 6 nitrogen and oxygen atoms in total. The number of aliphatic hydroxyl groups is 3. The van der Waals surface area contributed by atoms with E-state index >= 15 is 0 Å². The third kappa shape index (κ3) is 1.62. The third-order valence-electron chi connectivity index (χ3n) is 6.85. The number of rotatable bonds is 1. The molecule has 25 heavy (non-hydrogen) atoms. The van der Waals surface area contributed by atoms with Gasteiger partial charge in [-0.15, -0.1) is 0 Å². The van der Waals surface area contributed by atoms with Crippen molar-refractivity contribution in [3.05, 3.63) is 28.8 Å². The molecule has 0 amide bonds. The smallest absolute Gasteiger partial charge is 0.177 e. The van der Waals surface area contributed by atoms with E-state index in [4.69, 9.17) is 4.74 Å². The maximum Gasteiger partial charge on any atom is 0.177 e. The van der Waals surface area contributed by atoms with Crippen LogP contribution < -0.4 is 4.74 Å². The fourth-order valence-electron chi connectivity index (χ4n) is 5.78. The molecule has 1 aromatic rings. The summed E-state index contributed by atoms with van der Waals surface area (Å²) < 4.78 is 6.06. The number of benzene rings is 1. The molecular weight excluding hydrogens is 322 g/mol. The average Bonchev–Trinajstić information content (AvgIpc) is 2.91. The van der Waals surface area contributed by atoms with Crippen molar-refractivity contribution < 1.29 is 24.9 Å². The summed E-state index contributed by atoms with van der Waals surface area (Å²) in [5, 5.41) is 32.2. The molecule has 1 saturated carbocycles. The topological polar surface area (TPSA) is 90.2 Å².